The molecule has 0 radical (unpaired) electrons. The topological polar surface area (TPSA) is 66.8 Å². The van der Waals surface area contributed by atoms with E-state index in [1.54, 1.807) is 19.1 Å². The fourth-order valence-electron chi connectivity index (χ4n) is 4.67. The van der Waals surface area contributed by atoms with Crippen molar-refractivity contribution in [1.82, 2.24) is 0 Å². The van der Waals surface area contributed by atoms with Crippen molar-refractivity contribution in [2.75, 3.05) is 0 Å². The van der Waals surface area contributed by atoms with Crippen LogP contribution in [0.5, 0.6) is 0 Å². The van der Waals surface area contributed by atoms with Crippen LogP contribution in [0, 0.1) is 23.2 Å². The first-order chi connectivity index (χ1) is 14.4. The maximum absolute atomic E-state index is 15.1. The van der Waals surface area contributed by atoms with Crippen LogP contribution >= 0.6 is 0 Å². The molecule has 2 rings (SSSR count). The van der Waals surface area contributed by atoms with Crippen molar-refractivity contribution in [3.63, 3.8) is 0 Å². The molecule has 1 aliphatic carbocycles. The number of fused-ring (bicyclic) bond motifs is 1. The van der Waals surface area contributed by atoms with Gasteiger partial charge in [0.1, 0.15) is 11.9 Å². The summed E-state index contributed by atoms with van der Waals surface area (Å²) in [5, 5.41) is 19.1. The van der Waals surface area contributed by atoms with E-state index in [9.17, 15) is 23.1 Å². The van der Waals surface area contributed by atoms with Crippen molar-refractivity contribution in [3.05, 3.63) is 24.0 Å². The van der Waals surface area contributed by atoms with Crippen LogP contribution in [0.1, 0.15) is 65.7 Å². The summed E-state index contributed by atoms with van der Waals surface area (Å²) in [5.41, 5.74) is -2.25. The monoisotopic (exact) mass is 450 g/mol. The minimum atomic E-state index is -4.55. The predicted octanol–water partition coefficient (Wildman–Crippen LogP) is 5.81. The van der Waals surface area contributed by atoms with Crippen LogP contribution in [0.4, 0.5) is 17.6 Å². The second-order valence-electron chi connectivity index (χ2n) is 9.17. The van der Waals surface area contributed by atoms with Crippen LogP contribution in [0.2, 0.25) is 0 Å². The van der Waals surface area contributed by atoms with Gasteiger partial charge in [0.15, 0.2) is 6.17 Å². The zero-order valence-corrected chi connectivity index (χ0v) is 18.4. The molecule has 1 saturated heterocycles. The molecular weight excluding hydrogens is 416 g/mol. The molecule has 0 spiro atoms. The number of halogens is 4. The van der Waals surface area contributed by atoms with Gasteiger partial charge < -0.3 is 14.9 Å². The third-order valence-corrected chi connectivity index (χ3v) is 6.84. The van der Waals surface area contributed by atoms with Gasteiger partial charge >= 0.3 is 12.1 Å². The number of ether oxygens (including phenoxy) is 1. The quantitative estimate of drug-likeness (QED) is 0.250. The van der Waals surface area contributed by atoms with Crippen LogP contribution in [-0.4, -0.2) is 40.7 Å². The fourth-order valence-corrected chi connectivity index (χ4v) is 4.67. The zero-order valence-electron chi connectivity index (χ0n) is 18.4. The Labute approximate surface area is 181 Å². The lowest BCUT2D eigenvalue weighted by Crippen LogP contribution is -2.44. The Morgan fingerprint density at radius 3 is 2.58 bits per heavy atom. The standard InChI is InChI=1S/C23H34F4O4/c1-4-5-12-22(3,23(25,26)27)18(28)11-10-15-14(2)13-17-20(15)21(24)16(31-17)8-6-7-9-19(29)30/h8,10-11,14-15,17-18,20-21,28H,4-7,9,12-13H2,1-3H3,(H,29,30)/t14-,15+,17+,18-,20-,21?,22?/m1/s1. The largest absolute Gasteiger partial charge is 0.492 e. The molecule has 2 fully saturated rings. The first-order valence-corrected chi connectivity index (χ1v) is 11.1. The number of unbranched alkanes of at least 4 members (excludes halogenated alkanes) is 2. The Bertz CT molecular complexity index is 675. The normalized spacial score (nSPS) is 32.8. The number of carboxylic acids is 1. The first-order valence-electron chi connectivity index (χ1n) is 11.1. The minimum absolute atomic E-state index is 0.0100. The number of hydrogen-bond donors (Lipinski definition) is 2. The lowest BCUT2D eigenvalue weighted by atomic mass is 9.77. The van der Waals surface area contributed by atoms with Crippen LogP contribution in [0.3, 0.4) is 0 Å². The Balaban J connectivity index is 2.11. The van der Waals surface area contributed by atoms with Gasteiger partial charge in [0.25, 0.3) is 0 Å². The molecule has 1 heterocycles. The maximum atomic E-state index is 15.1. The van der Waals surface area contributed by atoms with Crippen molar-refractivity contribution in [3.8, 4) is 0 Å². The van der Waals surface area contributed by atoms with Crippen molar-refractivity contribution >= 4 is 5.97 Å². The van der Waals surface area contributed by atoms with Crippen LogP contribution in [-0.2, 0) is 9.53 Å². The molecule has 1 saturated carbocycles. The summed E-state index contributed by atoms with van der Waals surface area (Å²) >= 11 is 0. The number of aliphatic hydroxyl groups is 1. The van der Waals surface area contributed by atoms with Gasteiger partial charge in [-0.3, -0.25) is 4.79 Å². The highest BCUT2D eigenvalue weighted by atomic mass is 19.4. The molecule has 178 valence electrons. The molecule has 0 aromatic rings. The maximum Gasteiger partial charge on any atom is 0.397 e. The third kappa shape index (κ3) is 5.82. The van der Waals surface area contributed by atoms with E-state index in [1.807, 2.05) is 6.92 Å². The summed E-state index contributed by atoms with van der Waals surface area (Å²) < 4.78 is 61.8. The van der Waals surface area contributed by atoms with E-state index in [2.05, 4.69) is 0 Å². The van der Waals surface area contributed by atoms with Crippen molar-refractivity contribution in [1.29, 1.82) is 0 Å². The Morgan fingerprint density at radius 1 is 1.32 bits per heavy atom. The van der Waals surface area contributed by atoms with E-state index in [-0.39, 0.29) is 36.5 Å². The molecule has 4 nitrogen and oxygen atoms in total. The Morgan fingerprint density at radius 2 is 2.00 bits per heavy atom. The summed E-state index contributed by atoms with van der Waals surface area (Å²) in [6, 6.07) is 0. The van der Waals surface area contributed by atoms with E-state index in [4.69, 9.17) is 9.84 Å². The number of carbonyl (C=O) groups is 1. The van der Waals surface area contributed by atoms with E-state index in [1.165, 1.54) is 6.08 Å². The van der Waals surface area contributed by atoms with Gasteiger partial charge in [-0.1, -0.05) is 38.8 Å². The summed E-state index contributed by atoms with van der Waals surface area (Å²) in [5.74, 6) is -1.57. The van der Waals surface area contributed by atoms with E-state index in [0.29, 0.717) is 32.1 Å². The van der Waals surface area contributed by atoms with Crippen molar-refractivity contribution < 1.29 is 37.3 Å². The number of aliphatic carboxylic acids is 1. The molecule has 0 bridgehead atoms. The molecule has 2 N–H and O–H groups in total. The third-order valence-electron chi connectivity index (χ3n) is 6.84. The van der Waals surface area contributed by atoms with Gasteiger partial charge in [0.2, 0.25) is 0 Å². The van der Waals surface area contributed by atoms with Crippen LogP contribution < -0.4 is 0 Å². The number of aliphatic hydroxyl groups excluding tert-OH is 1. The van der Waals surface area contributed by atoms with Gasteiger partial charge in [0.05, 0.1) is 11.5 Å². The van der Waals surface area contributed by atoms with Gasteiger partial charge in [-0.2, -0.15) is 13.2 Å². The summed E-state index contributed by atoms with van der Waals surface area (Å²) in [4.78, 5) is 10.6. The van der Waals surface area contributed by atoms with E-state index >= 15 is 4.39 Å². The second kappa shape index (κ2) is 10.4. The van der Waals surface area contributed by atoms with Crippen molar-refractivity contribution in [2.45, 2.75) is 90.3 Å². The van der Waals surface area contributed by atoms with E-state index in [0.717, 1.165) is 6.92 Å². The average molecular weight is 451 g/mol. The van der Waals surface area contributed by atoms with Crippen LogP contribution in [0.15, 0.2) is 24.0 Å². The van der Waals surface area contributed by atoms with Gasteiger partial charge in [-0.25, -0.2) is 4.39 Å². The molecule has 2 aliphatic rings. The molecule has 1 aliphatic heterocycles. The summed E-state index contributed by atoms with van der Waals surface area (Å²) in [6.07, 6.45) is -1.61. The predicted molar refractivity (Wildman–Crippen MR) is 109 cm³/mol. The zero-order chi connectivity index (χ0) is 23.4. The number of hydrogen-bond acceptors (Lipinski definition) is 3. The number of rotatable bonds is 10. The molecule has 7 atom stereocenters. The highest BCUT2D eigenvalue weighted by Gasteiger charge is 2.55. The fraction of sp³-hybridized carbons (Fsp3) is 0.783. The van der Waals surface area contributed by atoms with Crippen molar-refractivity contribution in [2.24, 2.45) is 23.2 Å². The Hall–Kier alpha value is -1.57. The lowest BCUT2D eigenvalue weighted by Gasteiger charge is -2.35. The molecule has 8 heteroatoms. The highest BCUT2D eigenvalue weighted by Crippen LogP contribution is 2.50. The highest BCUT2D eigenvalue weighted by molar-refractivity contribution is 5.66. The number of carboxylic acid groups (broad SMARTS) is 1. The number of alkyl halides is 4. The van der Waals surface area contributed by atoms with Gasteiger partial charge in [-0.05, 0) is 50.5 Å². The van der Waals surface area contributed by atoms with E-state index < -0.39 is 35.8 Å². The van der Waals surface area contributed by atoms with Crippen LogP contribution in [0.25, 0.3) is 0 Å². The van der Waals surface area contributed by atoms with Gasteiger partial charge in [-0.15, -0.1) is 0 Å². The lowest BCUT2D eigenvalue weighted by molar-refractivity contribution is -0.244. The SMILES string of the molecule is CCCCC(C)([C@H](O)C=C[C@@H]1[C@H]2C(F)C(=CCCCC(=O)O)O[C@H]2C[C@H]1C)C(F)(F)F. The minimum Gasteiger partial charge on any atom is -0.492 e. The Kier molecular flexibility index (Phi) is 8.59. The molecule has 31 heavy (non-hydrogen) atoms. The number of allylic oxidation sites excluding steroid dienone is 3. The smallest absolute Gasteiger partial charge is 0.397 e. The van der Waals surface area contributed by atoms with Gasteiger partial charge in [0, 0.05) is 12.3 Å². The molecule has 0 aromatic heterocycles. The molecular formula is C23H34F4O4. The second-order valence-corrected chi connectivity index (χ2v) is 9.17. The molecule has 0 amide bonds. The molecule has 0 aromatic carbocycles. The summed E-state index contributed by atoms with van der Waals surface area (Å²) in [7, 11) is 0. The molecule has 2 unspecified atom stereocenters. The summed E-state index contributed by atoms with van der Waals surface area (Å²) in [6.45, 7) is 4.74. The average Bonchev–Trinajstić information content (AvgIpc) is 3.14. The first kappa shape index (κ1) is 25.7.